The number of nitrogens with zero attached hydrogens (tertiary/aromatic N) is 1. The van der Waals surface area contributed by atoms with E-state index in [1.165, 1.54) is 17.0 Å². The number of amides is 2. The number of carbonyl (C=O) groups excluding carboxylic acids is 2. The number of hydrogen-bond acceptors (Lipinski definition) is 3. The minimum atomic E-state index is -0.857. The lowest BCUT2D eigenvalue weighted by Gasteiger charge is -2.46. The molecule has 2 heterocycles. The van der Waals surface area contributed by atoms with Crippen molar-refractivity contribution in [3.8, 4) is 0 Å². The van der Waals surface area contributed by atoms with Crippen LogP contribution in [0.2, 0.25) is 0 Å². The number of anilines is 1. The number of halogens is 1. The van der Waals surface area contributed by atoms with E-state index in [1.54, 1.807) is 6.07 Å². The topological polar surface area (TPSA) is 58.6 Å². The summed E-state index contributed by atoms with van der Waals surface area (Å²) >= 11 is 0. The number of likely N-dealkylation sites (tertiary alicyclic amines) is 1. The van der Waals surface area contributed by atoms with Crippen molar-refractivity contribution in [2.45, 2.75) is 52.1 Å². The van der Waals surface area contributed by atoms with Crippen molar-refractivity contribution in [2.75, 3.05) is 18.4 Å². The van der Waals surface area contributed by atoms with Gasteiger partial charge in [-0.15, -0.1) is 0 Å². The average molecular weight is 348 g/mol. The molecule has 5 nitrogen and oxygen atoms in total. The summed E-state index contributed by atoms with van der Waals surface area (Å²) in [7, 11) is 0. The van der Waals surface area contributed by atoms with Gasteiger partial charge in [-0.2, -0.15) is 0 Å². The maximum atomic E-state index is 13.6. The fraction of sp³-hybridized carbons (Fsp3) is 0.579. The Bertz CT molecular complexity index is 731. The average Bonchev–Trinajstić information content (AvgIpc) is 2.64. The first-order valence-electron chi connectivity index (χ1n) is 8.51. The normalized spacial score (nSPS) is 18.6. The molecule has 1 fully saturated rings. The molecule has 2 aliphatic heterocycles. The van der Waals surface area contributed by atoms with Gasteiger partial charge in [0.05, 0.1) is 0 Å². The van der Waals surface area contributed by atoms with E-state index in [0.29, 0.717) is 11.3 Å². The van der Waals surface area contributed by atoms with Crippen molar-refractivity contribution in [3.05, 3.63) is 29.6 Å². The van der Waals surface area contributed by atoms with Crippen molar-refractivity contribution >= 4 is 17.7 Å². The van der Waals surface area contributed by atoms with Crippen molar-refractivity contribution in [1.29, 1.82) is 0 Å². The van der Waals surface area contributed by atoms with Gasteiger partial charge in [0.2, 0.25) is 5.91 Å². The molecule has 25 heavy (non-hydrogen) atoms. The molecule has 1 spiro atoms. The molecule has 0 aromatic heterocycles. The fourth-order valence-corrected chi connectivity index (χ4v) is 4.05. The van der Waals surface area contributed by atoms with Crippen molar-refractivity contribution in [2.24, 2.45) is 5.41 Å². The molecule has 0 radical (unpaired) electrons. The highest BCUT2D eigenvalue weighted by Gasteiger charge is 2.57. The summed E-state index contributed by atoms with van der Waals surface area (Å²) in [5, 5.41) is 2.77. The van der Waals surface area contributed by atoms with Crippen LogP contribution in [0, 0.1) is 11.2 Å². The molecule has 6 heteroatoms. The molecule has 1 aromatic carbocycles. The zero-order chi connectivity index (χ0) is 18.6. The molecule has 1 saturated heterocycles. The Balaban J connectivity index is 1.69. The minimum Gasteiger partial charge on any atom is -0.443 e. The van der Waals surface area contributed by atoms with E-state index < -0.39 is 17.1 Å². The van der Waals surface area contributed by atoms with Crippen LogP contribution in [0.1, 0.15) is 46.6 Å². The van der Waals surface area contributed by atoms with E-state index >= 15 is 0 Å². The van der Waals surface area contributed by atoms with Crippen LogP contribution in [-0.2, 0) is 14.9 Å². The Morgan fingerprint density at radius 3 is 2.52 bits per heavy atom. The number of rotatable bonds is 2. The molecule has 3 rings (SSSR count). The molecular weight excluding hydrogens is 323 g/mol. The lowest BCUT2D eigenvalue weighted by molar-refractivity contribution is -0.126. The predicted octanol–water partition coefficient (Wildman–Crippen LogP) is 3.68. The SMILES string of the molecule is CC(C)(C)CC(C)(C)OC(=O)N1CC2(C1)C(=O)Nc1ccc(F)cc12. The largest absolute Gasteiger partial charge is 0.443 e. The van der Waals surface area contributed by atoms with E-state index in [2.05, 4.69) is 26.1 Å². The highest BCUT2D eigenvalue weighted by atomic mass is 19.1. The second-order valence-corrected chi connectivity index (χ2v) is 8.95. The summed E-state index contributed by atoms with van der Waals surface area (Å²) in [6.45, 7) is 10.5. The predicted molar refractivity (Wildman–Crippen MR) is 92.9 cm³/mol. The minimum absolute atomic E-state index is 0.0295. The third-order valence-electron chi connectivity index (χ3n) is 4.68. The van der Waals surface area contributed by atoms with Gasteiger partial charge in [-0.05, 0) is 49.4 Å². The first kappa shape index (κ1) is 17.7. The zero-order valence-corrected chi connectivity index (χ0v) is 15.4. The summed E-state index contributed by atoms with van der Waals surface area (Å²) in [6.07, 6.45) is 0.289. The van der Waals surface area contributed by atoms with Crippen LogP contribution in [-0.4, -0.2) is 35.6 Å². The molecule has 0 aliphatic carbocycles. The summed E-state index contributed by atoms with van der Waals surface area (Å²) in [5.41, 5.74) is -0.185. The monoisotopic (exact) mass is 348 g/mol. The molecule has 0 atom stereocenters. The standard InChI is InChI=1S/C19H25FN2O3/c1-17(2,3)9-18(4,5)25-16(24)22-10-19(11-22)13-8-12(20)6-7-14(13)21-15(19)23/h6-8H,9-11H2,1-5H3,(H,21,23). The zero-order valence-electron chi connectivity index (χ0n) is 15.4. The van der Waals surface area contributed by atoms with Crippen LogP contribution in [0.15, 0.2) is 18.2 Å². The highest BCUT2D eigenvalue weighted by Crippen LogP contribution is 2.45. The Morgan fingerprint density at radius 1 is 1.28 bits per heavy atom. The smallest absolute Gasteiger partial charge is 0.410 e. The Labute approximate surface area is 147 Å². The third kappa shape index (κ3) is 3.22. The van der Waals surface area contributed by atoms with E-state index in [0.717, 1.165) is 6.42 Å². The summed E-state index contributed by atoms with van der Waals surface area (Å²) < 4.78 is 19.2. The summed E-state index contributed by atoms with van der Waals surface area (Å²) in [5.74, 6) is -0.576. The molecule has 136 valence electrons. The van der Waals surface area contributed by atoms with Crippen LogP contribution in [0.4, 0.5) is 14.9 Å². The lowest BCUT2D eigenvalue weighted by Crippen LogP contribution is -2.64. The number of hydrogen-bond donors (Lipinski definition) is 1. The second kappa shape index (κ2) is 5.44. The first-order chi connectivity index (χ1) is 11.4. The maximum Gasteiger partial charge on any atom is 0.410 e. The van der Waals surface area contributed by atoms with Gasteiger partial charge in [-0.3, -0.25) is 4.79 Å². The molecular formula is C19H25FN2O3. The van der Waals surface area contributed by atoms with E-state index in [-0.39, 0.29) is 30.2 Å². The second-order valence-electron chi connectivity index (χ2n) is 8.95. The number of nitrogens with one attached hydrogen (secondary N) is 1. The number of fused-ring (bicyclic) bond motifs is 2. The van der Waals surface area contributed by atoms with Crippen molar-refractivity contribution in [3.63, 3.8) is 0 Å². The van der Waals surface area contributed by atoms with Gasteiger partial charge in [0, 0.05) is 18.8 Å². The van der Waals surface area contributed by atoms with Gasteiger partial charge < -0.3 is 15.0 Å². The third-order valence-corrected chi connectivity index (χ3v) is 4.68. The fourth-order valence-electron chi connectivity index (χ4n) is 4.05. The maximum absolute atomic E-state index is 13.6. The van der Waals surface area contributed by atoms with Crippen molar-refractivity contribution in [1.82, 2.24) is 4.90 Å². The van der Waals surface area contributed by atoms with Crippen LogP contribution < -0.4 is 5.32 Å². The molecule has 0 saturated carbocycles. The van der Waals surface area contributed by atoms with Gasteiger partial charge in [-0.1, -0.05) is 20.8 Å². The Morgan fingerprint density at radius 2 is 1.92 bits per heavy atom. The van der Waals surface area contributed by atoms with Crippen LogP contribution >= 0.6 is 0 Å². The Hall–Kier alpha value is -2.11. The number of carbonyl (C=O) groups is 2. The van der Waals surface area contributed by atoms with E-state index in [9.17, 15) is 14.0 Å². The molecule has 2 aliphatic rings. The summed E-state index contributed by atoms with van der Waals surface area (Å²) in [4.78, 5) is 26.3. The van der Waals surface area contributed by atoms with Crippen LogP contribution in [0.25, 0.3) is 0 Å². The van der Waals surface area contributed by atoms with Crippen LogP contribution in [0.3, 0.4) is 0 Å². The van der Waals surface area contributed by atoms with Crippen molar-refractivity contribution < 1.29 is 18.7 Å². The van der Waals surface area contributed by atoms with Gasteiger partial charge in [-0.25, -0.2) is 9.18 Å². The van der Waals surface area contributed by atoms with E-state index in [1.807, 2.05) is 13.8 Å². The van der Waals surface area contributed by atoms with E-state index in [4.69, 9.17) is 4.74 Å². The molecule has 0 unspecified atom stereocenters. The van der Waals surface area contributed by atoms with Gasteiger partial charge in [0.15, 0.2) is 0 Å². The molecule has 0 bridgehead atoms. The molecule has 2 amide bonds. The van der Waals surface area contributed by atoms with Gasteiger partial charge in [0.25, 0.3) is 0 Å². The van der Waals surface area contributed by atoms with Gasteiger partial charge in [0.1, 0.15) is 16.8 Å². The summed E-state index contributed by atoms with van der Waals surface area (Å²) in [6, 6.07) is 4.25. The molecule has 1 aromatic rings. The number of ether oxygens (including phenoxy) is 1. The first-order valence-corrected chi connectivity index (χ1v) is 8.51. The lowest BCUT2D eigenvalue weighted by atomic mass is 9.75. The quantitative estimate of drug-likeness (QED) is 0.887. The van der Waals surface area contributed by atoms with Gasteiger partial charge >= 0.3 is 6.09 Å². The van der Waals surface area contributed by atoms with Crippen LogP contribution in [0.5, 0.6) is 0 Å². The Kier molecular flexibility index (Phi) is 3.86. The molecule has 1 N–H and O–H groups in total. The number of benzene rings is 1. The highest BCUT2D eigenvalue weighted by molar-refractivity contribution is 6.08.